The van der Waals surface area contributed by atoms with E-state index in [-0.39, 0.29) is 23.9 Å². The second-order valence-electron chi connectivity index (χ2n) is 7.08. The molecular formula is C20H32FN3O2. The number of hydrogen-bond donors (Lipinski definition) is 1. The molecule has 1 aliphatic heterocycles. The first-order valence-corrected chi connectivity index (χ1v) is 9.58. The maximum Gasteiger partial charge on any atom is 0.222 e. The van der Waals surface area contributed by atoms with Crippen LogP contribution in [-0.4, -0.2) is 56.2 Å². The van der Waals surface area contributed by atoms with Gasteiger partial charge in [0.25, 0.3) is 0 Å². The number of halogens is 1. The molecule has 0 aliphatic carbocycles. The van der Waals surface area contributed by atoms with E-state index in [0.29, 0.717) is 13.0 Å². The van der Waals surface area contributed by atoms with E-state index in [1.807, 2.05) is 26.8 Å². The molecule has 2 rings (SSSR count). The van der Waals surface area contributed by atoms with Gasteiger partial charge in [-0.25, -0.2) is 4.39 Å². The normalized spacial score (nSPS) is 16.8. The second-order valence-corrected chi connectivity index (χ2v) is 7.08. The Morgan fingerprint density at radius 1 is 1.23 bits per heavy atom. The van der Waals surface area contributed by atoms with E-state index in [1.54, 1.807) is 0 Å². The second kappa shape index (κ2) is 9.88. The van der Waals surface area contributed by atoms with Crippen molar-refractivity contribution in [1.82, 2.24) is 10.2 Å². The molecule has 1 fully saturated rings. The largest absolute Gasteiger partial charge is 0.378 e. The molecule has 0 radical (unpaired) electrons. The van der Waals surface area contributed by atoms with Crippen molar-refractivity contribution in [1.29, 1.82) is 0 Å². The van der Waals surface area contributed by atoms with Crippen LogP contribution in [0.1, 0.15) is 45.7 Å². The number of likely N-dealkylation sites (N-methyl/N-ethyl adjacent to an activating group) is 1. The summed E-state index contributed by atoms with van der Waals surface area (Å²) in [5.74, 6) is -0.357. The first-order chi connectivity index (χ1) is 12.4. The summed E-state index contributed by atoms with van der Waals surface area (Å²) in [7, 11) is 0. The highest BCUT2D eigenvalue weighted by Gasteiger charge is 2.21. The molecule has 1 heterocycles. The zero-order valence-electron chi connectivity index (χ0n) is 16.4. The lowest BCUT2D eigenvalue weighted by molar-refractivity contribution is -0.123. The Morgan fingerprint density at radius 3 is 2.54 bits per heavy atom. The Balaban J connectivity index is 2.03. The SMILES string of the molecule is CCN1CCN(c2ccc(F)cc2C(C)NC(=O)CCOC(C)C)CC1. The van der Waals surface area contributed by atoms with Crippen molar-refractivity contribution in [2.75, 3.05) is 44.2 Å². The predicted molar refractivity (Wildman–Crippen MR) is 103 cm³/mol. The fourth-order valence-electron chi connectivity index (χ4n) is 3.24. The number of carbonyl (C=O) groups excluding carboxylic acids is 1. The van der Waals surface area contributed by atoms with E-state index < -0.39 is 0 Å². The molecule has 1 amide bonds. The highest BCUT2D eigenvalue weighted by molar-refractivity contribution is 5.77. The minimum Gasteiger partial charge on any atom is -0.378 e. The molecule has 1 unspecified atom stereocenters. The lowest BCUT2D eigenvalue weighted by Crippen LogP contribution is -2.46. The summed E-state index contributed by atoms with van der Waals surface area (Å²) < 4.78 is 19.3. The van der Waals surface area contributed by atoms with Crippen LogP contribution in [0.4, 0.5) is 10.1 Å². The fraction of sp³-hybridized carbons (Fsp3) is 0.650. The van der Waals surface area contributed by atoms with Crippen molar-refractivity contribution in [3.05, 3.63) is 29.6 Å². The van der Waals surface area contributed by atoms with E-state index in [1.165, 1.54) is 12.1 Å². The summed E-state index contributed by atoms with van der Waals surface area (Å²) in [6, 6.07) is 4.61. The van der Waals surface area contributed by atoms with Crippen molar-refractivity contribution >= 4 is 11.6 Å². The van der Waals surface area contributed by atoms with Crippen LogP contribution in [-0.2, 0) is 9.53 Å². The number of rotatable bonds is 8. The summed E-state index contributed by atoms with van der Waals surface area (Å²) in [5, 5.41) is 2.97. The van der Waals surface area contributed by atoms with Crippen LogP contribution in [0, 0.1) is 5.82 Å². The van der Waals surface area contributed by atoms with E-state index in [4.69, 9.17) is 4.74 Å². The molecule has 5 nitrogen and oxygen atoms in total. The van der Waals surface area contributed by atoms with Crippen LogP contribution in [0.2, 0.25) is 0 Å². The Morgan fingerprint density at radius 2 is 1.92 bits per heavy atom. The fourth-order valence-corrected chi connectivity index (χ4v) is 3.24. The van der Waals surface area contributed by atoms with Gasteiger partial charge < -0.3 is 19.9 Å². The zero-order chi connectivity index (χ0) is 19.1. The third-order valence-electron chi connectivity index (χ3n) is 4.77. The highest BCUT2D eigenvalue weighted by Crippen LogP contribution is 2.28. The summed E-state index contributed by atoms with van der Waals surface area (Å²) in [4.78, 5) is 16.8. The van der Waals surface area contributed by atoms with Gasteiger partial charge in [0, 0.05) is 43.9 Å². The smallest absolute Gasteiger partial charge is 0.222 e. The predicted octanol–water partition coefficient (Wildman–Crippen LogP) is 2.96. The number of piperazine rings is 1. The van der Waals surface area contributed by atoms with Gasteiger partial charge in [-0.1, -0.05) is 6.92 Å². The molecule has 146 valence electrons. The van der Waals surface area contributed by atoms with Crippen LogP contribution in [0.5, 0.6) is 0 Å². The first kappa shape index (κ1) is 20.6. The number of carbonyl (C=O) groups is 1. The summed E-state index contributed by atoms with van der Waals surface area (Å²) in [6.45, 7) is 13.2. The van der Waals surface area contributed by atoms with Crippen LogP contribution >= 0.6 is 0 Å². The van der Waals surface area contributed by atoms with E-state index >= 15 is 0 Å². The van der Waals surface area contributed by atoms with Gasteiger partial charge in [-0.05, 0) is 45.5 Å². The quantitative estimate of drug-likeness (QED) is 0.769. The number of hydrogen-bond acceptors (Lipinski definition) is 4. The van der Waals surface area contributed by atoms with Gasteiger partial charge in [0.1, 0.15) is 5.82 Å². The molecule has 0 spiro atoms. The summed E-state index contributed by atoms with van der Waals surface area (Å²) >= 11 is 0. The molecule has 1 aromatic rings. The van der Waals surface area contributed by atoms with Crippen molar-refractivity contribution in [2.24, 2.45) is 0 Å². The molecule has 6 heteroatoms. The van der Waals surface area contributed by atoms with Gasteiger partial charge in [0.15, 0.2) is 0 Å². The topological polar surface area (TPSA) is 44.8 Å². The standard InChI is InChI=1S/C20H32FN3O2/c1-5-23-9-11-24(12-10-23)19-7-6-17(21)14-18(19)16(4)22-20(25)8-13-26-15(2)3/h6-7,14-16H,5,8-13H2,1-4H3,(H,22,25). The first-order valence-electron chi connectivity index (χ1n) is 9.58. The number of nitrogens with zero attached hydrogens (tertiary/aromatic N) is 2. The summed E-state index contributed by atoms with van der Waals surface area (Å²) in [6.07, 6.45) is 0.416. The Hall–Kier alpha value is -1.66. The molecule has 1 saturated heterocycles. The minimum absolute atomic E-state index is 0.0795. The Labute approximate surface area is 156 Å². The molecular weight excluding hydrogens is 333 g/mol. The molecule has 0 saturated carbocycles. The van der Waals surface area contributed by atoms with Crippen molar-refractivity contribution < 1.29 is 13.9 Å². The van der Waals surface area contributed by atoms with Crippen LogP contribution < -0.4 is 10.2 Å². The molecule has 1 N–H and O–H groups in total. The molecule has 26 heavy (non-hydrogen) atoms. The maximum atomic E-state index is 13.9. The monoisotopic (exact) mass is 365 g/mol. The lowest BCUT2D eigenvalue weighted by Gasteiger charge is -2.37. The van der Waals surface area contributed by atoms with E-state index in [9.17, 15) is 9.18 Å². The van der Waals surface area contributed by atoms with Gasteiger partial charge >= 0.3 is 0 Å². The minimum atomic E-state index is -0.278. The number of ether oxygens (including phenoxy) is 1. The van der Waals surface area contributed by atoms with Crippen LogP contribution in [0.15, 0.2) is 18.2 Å². The Bertz CT molecular complexity index is 586. The van der Waals surface area contributed by atoms with Gasteiger partial charge in [-0.2, -0.15) is 0 Å². The maximum absolute atomic E-state index is 13.9. The average molecular weight is 365 g/mol. The number of nitrogens with one attached hydrogen (secondary N) is 1. The van der Waals surface area contributed by atoms with E-state index in [0.717, 1.165) is 44.0 Å². The molecule has 1 aliphatic rings. The number of benzene rings is 1. The third kappa shape index (κ3) is 5.95. The van der Waals surface area contributed by atoms with Crippen molar-refractivity contribution in [3.8, 4) is 0 Å². The van der Waals surface area contributed by atoms with E-state index in [2.05, 4.69) is 22.0 Å². The number of amides is 1. The average Bonchev–Trinajstić information content (AvgIpc) is 2.61. The molecule has 0 aromatic heterocycles. The molecule has 0 bridgehead atoms. The third-order valence-corrected chi connectivity index (χ3v) is 4.77. The molecule has 1 aromatic carbocycles. The Kier molecular flexibility index (Phi) is 7.85. The van der Waals surface area contributed by atoms with Crippen molar-refractivity contribution in [3.63, 3.8) is 0 Å². The van der Waals surface area contributed by atoms with Gasteiger partial charge in [-0.3, -0.25) is 4.79 Å². The highest BCUT2D eigenvalue weighted by atomic mass is 19.1. The van der Waals surface area contributed by atoms with Gasteiger partial charge in [0.05, 0.1) is 18.8 Å². The van der Waals surface area contributed by atoms with Crippen molar-refractivity contribution in [2.45, 2.75) is 46.3 Å². The lowest BCUT2D eigenvalue weighted by atomic mass is 10.0. The number of anilines is 1. The zero-order valence-corrected chi connectivity index (χ0v) is 16.4. The van der Waals surface area contributed by atoms with Crippen LogP contribution in [0.25, 0.3) is 0 Å². The van der Waals surface area contributed by atoms with Gasteiger partial charge in [0.2, 0.25) is 5.91 Å². The molecule has 1 atom stereocenters. The summed E-state index contributed by atoms with van der Waals surface area (Å²) in [5.41, 5.74) is 1.83. The van der Waals surface area contributed by atoms with Crippen LogP contribution in [0.3, 0.4) is 0 Å². The van der Waals surface area contributed by atoms with Gasteiger partial charge in [-0.15, -0.1) is 0 Å².